The lowest BCUT2D eigenvalue weighted by atomic mass is 10.0. The summed E-state index contributed by atoms with van der Waals surface area (Å²) in [5, 5.41) is 9.11. The van der Waals surface area contributed by atoms with E-state index >= 15 is 0 Å². The molecule has 1 aromatic rings. The second-order valence-corrected chi connectivity index (χ2v) is 6.13. The number of hydrogen-bond donors (Lipinski definition) is 4. The summed E-state index contributed by atoms with van der Waals surface area (Å²) in [6.07, 6.45) is 0.915. The summed E-state index contributed by atoms with van der Waals surface area (Å²) in [4.78, 5) is 24.3. The molecule has 1 atom stereocenters. The van der Waals surface area contributed by atoms with Crippen molar-refractivity contribution < 1.29 is 9.59 Å². The van der Waals surface area contributed by atoms with Gasteiger partial charge in [0.2, 0.25) is 0 Å². The van der Waals surface area contributed by atoms with Crippen molar-refractivity contribution in [3.05, 3.63) is 10.4 Å². The van der Waals surface area contributed by atoms with Crippen molar-refractivity contribution in [1.82, 2.24) is 10.6 Å². The fourth-order valence-electron chi connectivity index (χ4n) is 2.09. The molecule has 21 heavy (non-hydrogen) atoms. The highest BCUT2D eigenvalue weighted by atomic mass is 32.1. The lowest BCUT2D eigenvalue weighted by Crippen LogP contribution is -2.26. The van der Waals surface area contributed by atoms with Gasteiger partial charge >= 0.3 is 0 Å². The second kappa shape index (κ2) is 7.31. The molecule has 118 valence electrons. The number of nitrogens with two attached hydrogens (primary N) is 1. The fourth-order valence-corrected chi connectivity index (χ4v) is 3.21. The Bertz CT molecular complexity index is 525. The van der Waals surface area contributed by atoms with Crippen molar-refractivity contribution >= 4 is 33.8 Å². The van der Waals surface area contributed by atoms with E-state index in [4.69, 9.17) is 5.73 Å². The molecular formula is C14H24N4O2S. The Morgan fingerprint density at radius 1 is 1.19 bits per heavy atom. The Hall–Kier alpha value is -1.76. The number of carbonyl (C=O) groups is 2. The first-order valence-electron chi connectivity index (χ1n) is 7.00. The molecule has 0 radical (unpaired) electrons. The van der Waals surface area contributed by atoms with Gasteiger partial charge in [-0.1, -0.05) is 20.8 Å². The number of thiophene rings is 1. The predicted octanol–water partition coefficient (Wildman–Crippen LogP) is 1.90. The van der Waals surface area contributed by atoms with Crippen LogP contribution in [0.3, 0.4) is 0 Å². The first kappa shape index (κ1) is 17.3. The van der Waals surface area contributed by atoms with Gasteiger partial charge in [0, 0.05) is 20.1 Å². The van der Waals surface area contributed by atoms with E-state index in [1.54, 1.807) is 7.05 Å². The maximum atomic E-state index is 12.1. The molecule has 2 amide bonds. The van der Waals surface area contributed by atoms with Gasteiger partial charge in [-0.05, 0) is 12.3 Å². The molecule has 0 aliphatic heterocycles. The molecule has 0 fully saturated rings. The standard InChI is InChI=1S/C14H24N4O2S/c1-6-8(7(2)3)18-14-9(12(19)16-4)10(15)11(21-14)13(20)17-5/h7-8,18H,6,15H2,1-5H3,(H,16,19)(H,17,20). The molecule has 1 rings (SSSR count). The minimum atomic E-state index is -0.292. The normalized spacial score (nSPS) is 12.1. The van der Waals surface area contributed by atoms with Crippen LogP contribution in [0.25, 0.3) is 0 Å². The van der Waals surface area contributed by atoms with E-state index in [1.807, 2.05) is 0 Å². The topological polar surface area (TPSA) is 96.2 Å². The molecule has 6 nitrogen and oxygen atoms in total. The number of rotatable bonds is 6. The quantitative estimate of drug-likeness (QED) is 0.645. The van der Waals surface area contributed by atoms with Crippen molar-refractivity contribution in [2.45, 2.75) is 33.2 Å². The second-order valence-electron chi connectivity index (χ2n) is 5.11. The summed E-state index contributed by atoms with van der Waals surface area (Å²) in [5.41, 5.74) is 6.57. The van der Waals surface area contributed by atoms with Gasteiger partial charge in [-0.15, -0.1) is 11.3 Å². The van der Waals surface area contributed by atoms with Crippen molar-refractivity contribution in [3.63, 3.8) is 0 Å². The Balaban J connectivity index is 3.29. The van der Waals surface area contributed by atoms with Crippen molar-refractivity contribution in [2.24, 2.45) is 5.92 Å². The number of hydrogen-bond acceptors (Lipinski definition) is 5. The number of carbonyl (C=O) groups excluding carboxylic acids is 2. The Morgan fingerprint density at radius 2 is 1.76 bits per heavy atom. The molecule has 0 aromatic carbocycles. The maximum absolute atomic E-state index is 12.1. The van der Waals surface area contributed by atoms with Gasteiger partial charge in [-0.25, -0.2) is 0 Å². The van der Waals surface area contributed by atoms with Gasteiger partial charge < -0.3 is 21.7 Å². The van der Waals surface area contributed by atoms with Crippen LogP contribution in [0.2, 0.25) is 0 Å². The lowest BCUT2D eigenvalue weighted by Gasteiger charge is -2.21. The summed E-state index contributed by atoms with van der Waals surface area (Å²) < 4.78 is 0. The Morgan fingerprint density at radius 3 is 2.19 bits per heavy atom. The third-order valence-corrected chi connectivity index (χ3v) is 4.53. The third-order valence-electron chi connectivity index (χ3n) is 3.39. The zero-order chi connectivity index (χ0) is 16.2. The van der Waals surface area contributed by atoms with Gasteiger partial charge in [-0.2, -0.15) is 0 Å². The highest BCUT2D eigenvalue weighted by molar-refractivity contribution is 7.19. The predicted molar refractivity (Wildman–Crippen MR) is 88.1 cm³/mol. The maximum Gasteiger partial charge on any atom is 0.263 e. The molecular weight excluding hydrogens is 288 g/mol. The van der Waals surface area contributed by atoms with Gasteiger partial charge in [0.1, 0.15) is 9.88 Å². The van der Waals surface area contributed by atoms with E-state index in [1.165, 1.54) is 18.4 Å². The molecule has 5 N–H and O–H groups in total. The van der Waals surface area contributed by atoms with Crippen molar-refractivity contribution in [2.75, 3.05) is 25.1 Å². The largest absolute Gasteiger partial charge is 0.397 e. The summed E-state index contributed by atoms with van der Waals surface area (Å²) in [5.74, 6) is -0.173. The van der Waals surface area contributed by atoms with Crippen LogP contribution in [-0.4, -0.2) is 32.0 Å². The third kappa shape index (κ3) is 3.66. The monoisotopic (exact) mass is 312 g/mol. The SMILES string of the molecule is CCC(Nc1sc(C(=O)NC)c(N)c1C(=O)NC)C(C)C. The molecule has 0 saturated carbocycles. The number of nitrogen functional groups attached to an aromatic ring is 1. The lowest BCUT2D eigenvalue weighted by molar-refractivity contribution is 0.0963. The van der Waals surface area contributed by atoms with Crippen molar-refractivity contribution in [1.29, 1.82) is 0 Å². The van der Waals surface area contributed by atoms with E-state index in [-0.39, 0.29) is 23.5 Å². The summed E-state index contributed by atoms with van der Waals surface area (Å²) in [7, 11) is 3.08. The van der Waals surface area contributed by atoms with Crippen LogP contribution >= 0.6 is 11.3 Å². The first-order valence-corrected chi connectivity index (χ1v) is 7.81. The Kier molecular flexibility index (Phi) is 6.02. The van der Waals surface area contributed by atoms with Gasteiger partial charge in [0.05, 0.1) is 11.3 Å². The van der Waals surface area contributed by atoms with Gasteiger partial charge in [-0.3, -0.25) is 9.59 Å². The van der Waals surface area contributed by atoms with Crippen LogP contribution in [0.1, 0.15) is 47.2 Å². The number of nitrogens with one attached hydrogen (secondary N) is 3. The first-order chi connectivity index (χ1) is 9.87. The van der Waals surface area contributed by atoms with Gasteiger partial charge in [0.15, 0.2) is 0 Å². The molecule has 1 heterocycles. The molecule has 0 saturated heterocycles. The average Bonchev–Trinajstić information content (AvgIpc) is 2.79. The van der Waals surface area contributed by atoms with Crippen LogP contribution in [0.5, 0.6) is 0 Å². The molecule has 0 bridgehead atoms. The zero-order valence-corrected chi connectivity index (χ0v) is 14.0. The average molecular weight is 312 g/mol. The van der Waals surface area contributed by atoms with Crippen LogP contribution < -0.4 is 21.7 Å². The summed E-state index contributed by atoms with van der Waals surface area (Å²) in [6, 6.07) is 0.212. The van der Waals surface area contributed by atoms with Crippen molar-refractivity contribution in [3.8, 4) is 0 Å². The van der Waals surface area contributed by atoms with E-state index in [9.17, 15) is 9.59 Å². The van der Waals surface area contributed by atoms with E-state index in [0.29, 0.717) is 21.4 Å². The van der Waals surface area contributed by atoms with Crippen LogP contribution in [0.4, 0.5) is 10.7 Å². The molecule has 0 spiro atoms. The molecule has 7 heteroatoms. The minimum absolute atomic E-state index is 0.212. The fraction of sp³-hybridized carbons (Fsp3) is 0.571. The molecule has 0 aliphatic rings. The zero-order valence-electron chi connectivity index (χ0n) is 13.2. The molecule has 0 aliphatic carbocycles. The number of anilines is 2. The molecule has 1 aromatic heterocycles. The van der Waals surface area contributed by atoms with E-state index < -0.39 is 0 Å². The summed E-state index contributed by atoms with van der Waals surface area (Å²) >= 11 is 1.21. The van der Waals surface area contributed by atoms with Crippen LogP contribution in [-0.2, 0) is 0 Å². The van der Waals surface area contributed by atoms with Gasteiger partial charge in [0.25, 0.3) is 11.8 Å². The van der Waals surface area contributed by atoms with Crippen LogP contribution in [0, 0.1) is 5.92 Å². The number of amides is 2. The van der Waals surface area contributed by atoms with E-state index in [2.05, 4.69) is 36.7 Å². The minimum Gasteiger partial charge on any atom is -0.397 e. The van der Waals surface area contributed by atoms with Crippen LogP contribution in [0.15, 0.2) is 0 Å². The Labute approximate surface area is 129 Å². The highest BCUT2D eigenvalue weighted by Crippen LogP contribution is 2.36. The molecule has 1 unspecified atom stereocenters. The van der Waals surface area contributed by atoms with E-state index in [0.717, 1.165) is 6.42 Å². The highest BCUT2D eigenvalue weighted by Gasteiger charge is 2.26. The summed E-state index contributed by atoms with van der Waals surface area (Å²) in [6.45, 7) is 6.29. The smallest absolute Gasteiger partial charge is 0.263 e.